The van der Waals surface area contributed by atoms with E-state index in [1.165, 1.54) is 0 Å². The molecule has 4 N–H and O–H groups in total. The number of ether oxygens (including phenoxy) is 1. The lowest BCUT2D eigenvalue weighted by Crippen LogP contribution is -2.56. The van der Waals surface area contributed by atoms with Crippen molar-refractivity contribution in [2.45, 2.75) is 25.3 Å². The maximum atomic E-state index is 11.3. The van der Waals surface area contributed by atoms with Crippen LogP contribution in [0.2, 0.25) is 0 Å². The number of hydrogen-bond donors (Lipinski definition) is 3. The number of unbranched alkanes of at least 4 members (excludes halogenated alkanes) is 1. The molecule has 0 radical (unpaired) electrons. The van der Waals surface area contributed by atoms with Crippen LogP contribution in [0.3, 0.4) is 0 Å². The molecule has 1 rings (SSSR count). The van der Waals surface area contributed by atoms with Crippen LogP contribution in [0.4, 0.5) is 4.79 Å². The highest BCUT2D eigenvalue weighted by molar-refractivity contribution is 5.94. The van der Waals surface area contributed by atoms with Gasteiger partial charge in [0.2, 0.25) is 11.8 Å². The Balaban J connectivity index is 2.14. The predicted octanol–water partition coefficient (Wildman–Crippen LogP) is -1.13. The van der Waals surface area contributed by atoms with E-state index in [9.17, 15) is 14.4 Å². The van der Waals surface area contributed by atoms with E-state index in [1.807, 2.05) is 0 Å². The molecule has 7 nitrogen and oxygen atoms in total. The van der Waals surface area contributed by atoms with Crippen molar-refractivity contribution >= 4 is 17.9 Å². The van der Waals surface area contributed by atoms with E-state index in [0.717, 1.165) is 0 Å². The Morgan fingerprint density at radius 2 is 2.19 bits per heavy atom. The summed E-state index contributed by atoms with van der Waals surface area (Å²) in [6, 6.07) is -0.477. The first-order valence-corrected chi connectivity index (χ1v) is 5.09. The molecule has 0 saturated carbocycles. The fourth-order valence-corrected chi connectivity index (χ4v) is 1.43. The number of nitrogens with one attached hydrogen (secondary N) is 2. The van der Waals surface area contributed by atoms with Gasteiger partial charge in [0.15, 0.2) is 0 Å². The van der Waals surface area contributed by atoms with Crippen molar-refractivity contribution in [3.63, 3.8) is 0 Å². The van der Waals surface area contributed by atoms with Gasteiger partial charge < -0.3 is 21.1 Å². The number of hydrogen-bond acceptors (Lipinski definition) is 4. The number of primary amides is 1. The molecule has 0 unspecified atom stereocenters. The summed E-state index contributed by atoms with van der Waals surface area (Å²) in [5, 5.41) is 5.07. The van der Waals surface area contributed by atoms with Crippen LogP contribution in [-0.4, -0.2) is 37.1 Å². The maximum absolute atomic E-state index is 11.3. The molecule has 0 bridgehead atoms. The molecule has 1 heterocycles. The molecule has 7 heteroatoms. The number of amides is 3. The zero-order valence-corrected chi connectivity index (χ0v) is 8.82. The predicted molar refractivity (Wildman–Crippen MR) is 54.3 cm³/mol. The second-order valence-electron chi connectivity index (χ2n) is 3.50. The molecule has 1 atom stereocenters. The molecule has 1 aliphatic rings. The van der Waals surface area contributed by atoms with E-state index in [4.69, 9.17) is 5.73 Å². The van der Waals surface area contributed by atoms with Gasteiger partial charge in [-0.05, 0) is 19.3 Å². The zero-order chi connectivity index (χ0) is 12.0. The molecule has 0 aromatic carbocycles. The lowest BCUT2D eigenvalue weighted by Gasteiger charge is -2.22. The summed E-state index contributed by atoms with van der Waals surface area (Å²) < 4.78 is 4.53. The van der Waals surface area contributed by atoms with Gasteiger partial charge in [-0.2, -0.15) is 0 Å². The van der Waals surface area contributed by atoms with Crippen LogP contribution in [0, 0.1) is 0 Å². The molecular formula is C9H15N3O4. The van der Waals surface area contributed by atoms with Gasteiger partial charge >= 0.3 is 6.09 Å². The van der Waals surface area contributed by atoms with Crippen LogP contribution in [-0.2, 0) is 14.3 Å². The van der Waals surface area contributed by atoms with E-state index in [0.29, 0.717) is 19.3 Å². The number of carbonyl (C=O) groups excluding carboxylic acids is 3. The highest BCUT2D eigenvalue weighted by Crippen LogP contribution is 2.03. The fraction of sp³-hybridized carbons (Fsp3) is 0.667. The summed E-state index contributed by atoms with van der Waals surface area (Å²) in [6.45, 7) is 0.276. The van der Waals surface area contributed by atoms with E-state index in [2.05, 4.69) is 15.4 Å². The largest absolute Gasteiger partial charge is 0.450 e. The Hall–Kier alpha value is -1.79. The smallest absolute Gasteiger partial charge is 0.404 e. The normalized spacial score (nSPS) is 19.9. The molecule has 1 fully saturated rings. The van der Waals surface area contributed by atoms with Crippen molar-refractivity contribution in [2.24, 2.45) is 5.73 Å². The van der Waals surface area contributed by atoms with Crippen molar-refractivity contribution in [3.8, 4) is 0 Å². The summed E-state index contributed by atoms with van der Waals surface area (Å²) >= 11 is 0. The first kappa shape index (κ1) is 12.3. The third-order valence-electron chi connectivity index (χ3n) is 2.21. The lowest BCUT2D eigenvalue weighted by atomic mass is 10.1. The minimum Gasteiger partial charge on any atom is -0.450 e. The van der Waals surface area contributed by atoms with E-state index in [1.54, 1.807) is 0 Å². The Kier molecular flexibility index (Phi) is 4.56. The van der Waals surface area contributed by atoms with Crippen LogP contribution < -0.4 is 16.4 Å². The summed E-state index contributed by atoms with van der Waals surface area (Å²) in [5.74, 6) is -0.353. The number of carbonyl (C=O) groups is 3. The summed E-state index contributed by atoms with van der Waals surface area (Å²) in [7, 11) is 0. The Bertz CT molecular complexity index is 292. The Morgan fingerprint density at radius 3 is 2.88 bits per heavy atom. The van der Waals surface area contributed by atoms with Gasteiger partial charge in [0.25, 0.3) is 0 Å². The van der Waals surface area contributed by atoms with Crippen molar-refractivity contribution in [1.29, 1.82) is 0 Å². The molecule has 0 aliphatic carbocycles. The van der Waals surface area contributed by atoms with E-state index < -0.39 is 12.1 Å². The third-order valence-corrected chi connectivity index (χ3v) is 2.21. The van der Waals surface area contributed by atoms with Crippen LogP contribution in [0.1, 0.15) is 19.3 Å². The molecule has 16 heavy (non-hydrogen) atoms. The minimum absolute atomic E-state index is 0.0418. The van der Waals surface area contributed by atoms with Gasteiger partial charge in [-0.3, -0.25) is 9.59 Å². The minimum atomic E-state index is -0.802. The maximum Gasteiger partial charge on any atom is 0.404 e. The van der Waals surface area contributed by atoms with Crippen LogP contribution in [0.15, 0.2) is 0 Å². The van der Waals surface area contributed by atoms with Gasteiger partial charge in [0.1, 0.15) is 6.04 Å². The lowest BCUT2D eigenvalue weighted by molar-refractivity contribution is -0.133. The van der Waals surface area contributed by atoms with Gasteiger partial charge in [-0.25, -0.2) is 4.79 Å². The van der Waals surface area contributed by atoms with Crippen LogP contribution in [0.25, 0.3) is 0 Å². The number of piperazine rings is 1. The SMILES string of the molecule is NC(=O)OCCCC[C@@H]1NC(=O)CNC1=O. The summed E-state index contributed by atoms with van der Waals surface area (Å²) in [4.78, 5) is 32.5. The monoisotopic (exact) mass is 229 g/mol. The Labute approximate surface area is 92.7 Å². The second kappa shape index (κ2) is 5.94. The highest BCUT2D eigenvalue weighted by atomic mass is 16.5. The number of nitrogens with two attached hydrogens (primary N) is 1. The van der Waals surface area contributed by atoms with Crippen molar-refractivity contribution in [2.75, 3.05) is 13.2 Å². The van der Waals surface area contributed by atoms with Gasteiger partial charge in [-0.1, -0.05) is 0 Å². The third kappa shape index (κ3) is 4.16. The molecule has 1 aliphatic heterocycles. The molecule has 90 valence electrons. The molecule has 3 amide bonds. The van der Waals surface area contributed by atoms with Gasteiger partial charge in [-0.15, -0.1) is 0 Å². The standard InChI is InChI=1S/C9H15N3O4/c10-9(15)16-4-2-1-3-6-8(14)11-5-7(13)12-6/h6H,1-5H2,(H2,10,15)(H,11,14)(H,12,13)/t6-/m0/s1. The van der Waals surface area contributed by atoms with Gasteiger partial charge in [0, 0.05) is 0 Å². The quantitative estimate of drug-likeness (QED) is 0.518. The van der Waals surface area contributed by atoms with Crippen molar-refractivity contribution in [1.82, 2.24) is 10.6 Å². The molecule has 0 spiro atoms. The van der Waals surface area contributed by atoms with E-state index >= 15 is 0 Å². The first-order valence-electron chi connectivity index (χ1n) is 5.09. The average Bonchev–Trinajstić information content (AvgIpc) is 2.22. The zero-order valence-electron chi connectivity index (χ0n) is 8.82. The topological polar surface area (TPSA) is 111 Å². The van der Waals surface area contributed by atoms with Crippen LogP contribution >= 0.6 is 0 Å². The first-order chi connectivity index (χ1) is 7.59. The summed E-state index contributed by atoms with van der Waals surface area (Å²) in [6.07, 6.45) is 1.01. The molecule has 1 saturated heterocycles. The van der Waals surface area contributed by atoms with Crippen molar-refractivity contribution in [3.05, 3.63) is 0 Å². The number of rotatable bonds is 5. The molecule has 0 aromatic heterocycles. The van der Waals surface area contributed by atoms with Crippen molar-refractivity contribution < 1.29 is 19.1 Å². The summed E-state index contributed by atoms with van der Waals surface area (Å²) in [5.41, 5.74) is 4.78. The van der Waals surface area contributed by atoms with Gasteiger partial charge in [0.05, 0.1) is 13.2 Å². The highest BCUT2D eigenvalue weighted by Gasteiger charge is 2.24. The Morgan fingerprint density at radius 1 is 1.44 bits per heavy atom. The second-order valence-corrected chi connectivity index (χ2v) is 3.50. The molecular weight excluding hydrogens is 214 g/mol. The van der Waals surface area contributed by atoms with E-state index in [-0.39, 0.29) is 25.0 Å². The van der Waals surface area contributed by atoms with Crippen LogP contribution in [0.5, 0.6) is 0 Å². The fourth-order valence-electron chi connectivity index (χ4n) is 1.43. The molecule has 0 aromatic rings. The average molecular weight is 229 g/mol.